The molecule has 2 aromatic rings. The third-order valence-corrected chi connectivity index (χ3v) is 3.85. The first kappa shape index (κ1) is 14.5. The molecule has 19 heavy (non-hydrogen) atoms. The number of halogens is 2. The highest BCUT2D eigenvalue weighted by Crippen LogP contribution is 2.33. The van der Waals surface area contributed by atoms with E-state index in [1.54, 1.807) is 0 Å². The zero-order valence-electron chi connectivity index (χ0n) is 10.1. The lowest BCUT2D eigenvalue weighted by Gasteiger charge is -2.12. The van der Waals surface area contributed by atoms with E-state index in [0.717, 1.165) is 20.3 Å². The van der Waals surface area contributed by atoms with Crippen LogP contribution in [0.2, 0.25) is 0 Å². The van der Waals surface area contributed by atoms with Crippen molar-refractivity contribution in [2.75, 3.05) is 0 Å². The largest absolute Gasteiger partial charge is 0.455 e. The zero-order valence-corrected chi connectivity index (χ0v) is 14.1. The van der Waals surface area contributed by atoms with Gasteiger partial charge in [0.1, 0.15) is 16.5 Å². The Bertz CT molecular complexity index is 643. The molecule has 0 saturated carbocycles. The van der Waals surface area contributed by atoms with Gasteiger partial charge in [-0.2, -0.15) is 0 Å². The van der Waals surface area contributed by atoms with Gasteiger partial charge in [-0.05, 0) is 58.7 Å². The van der Waals surface area contributed by atoms with E-state index in [4.69, 9.17) is 22.7 Å². The van der Waals surface area contributed by atoms with E-state index in [0.29, 0.717) is 16.3 Å². The monoisotopic (exact) mass is 399 g/mol. The summed E-state index contributed by atoms with van der Waals surface area (Å²) in [6, 6.07) is 11.5. The fourth-order valence-electron chi connectivity index (χ4n) is 1.59. The molecular weight excluding hydrogens is 390 g/mol. The second-order valence-electron chi connectivity index (χ2n) is 4.04. The minimum Gasteiger partial charge on any atom is -0.455 e. The van der Waals surface area contributed by atoms with Crippen LogP contribution < -0.4 is 10.5 Å². The maximum absolute atomic E-state index is 5.89. The summed E-state index contributed by atoms with van der Waals surface area (Å²) in [6.07, 6.45) is 0. The predicted molar refractivity (Wildman–Crippen MR) is 89.0 cm³/mol. The lowest BCUT2D eigenvalue weighted by atomic mass is 10.2. The SMILES string of the molecule is Cc1ccc(Oc2cc(Br)ccc2C(N)=S)c(Br)c1. The highest BCUT2D eigenvalue weighted by Gasteiger charge is 2.10. The van der Waals surface area contributed by atoms with Crippen molar-refractivity contribution >= 4 is 49.1 Å². The molecular formula is C14H11Br2NOS. The third-order valence-electron chi connectivity index (χ3n) is 2.52. The van der Waals surface area contributed by atoms with Crippen LogP contribution in [0.5, 0.6) is 11.5 Å². The lowest BCUT2D eigenvalue weighted by molar-refractivity contribution is 0.478. The molecule has 0 atom stereocenters. The molecule has 0 radical (unpaired) electrons. The average molecular weight is 401 g/mol. The van der Waals surface area contributed by atoms with Gasteiger partial charge in [-0.15, -0.1) is 0 Å². The average Bonchev–Trinajstić information content (AvgIpc) is 2.32. The lowest BCUT2D eigenvalue weighted by Crippen LogP contribution is -2.10. The van der Waals surface area contributed by atoms with Crippen LogP contribution in [0, 0.1) is 6.92 Å². The molecule has 2 nitrogen and oxygen atoms in total. The molecule has 0 aromatic heterocycles. The highest BCUT2D eigenvalue weighted by molar-refractivity contribution is 9.10. The molecule has 0 heterocycles. The maximum atomic E-state index is 5.89. The molecule has 2 rings (SSSR count). The number of thiocarbonyl (C=S) groups is 1. The van der Waals surface area contributed by atoms with E-state index >= 15 is 0 Å². The van der Waals surface area contributed by atoms with Gasteiger partial charge in [0.2, 0.25) is 0 Å². The minimum absolute atomic E-state index is 0.311. The Morgan fingerprint density at radius 2 is 1.84 bits per heavy atom. The Hall–Kier alpha value is -0.910. The van der Waals surface area contributed by atoms with Crippen LogP contribution in [0.3, 0.4) is 0 Å². The molecule has 0 aliphatic rings. The molecule has 0 amide bonds. The van der Waals surface area contributed by atoms with Gasteiger partial charge in [0, 0.05) is 4.47 Å². The van der Waals surface area contributed by atoms with Gasteiger partial charge in [-0.25, -0.2) is 0 Å². The van der Waals surface area contributed by atoms with Crippen LogP contribution in [0.15, 0.2) is 45.3 Å². The second kappa shape index (κ2) is 6.03. The second-order valence-corrected chi connectivity index (χ2v) is 6.25. The molecule has 0 spiro atoms. The summed E-state index contributed by atoms with van der Waals surface area (Å²) < 4.78 is 7.69. The Morgan fingerprint density at radius 3 is 2.47 bits per heavy atom. The number of hydrogen-bond acceptors (Lipinski definition) is 2. The Morgan fingerprint density at radius 1 is 1.11 bits per heavy atom. The van der Waals surface area contributed by atoms with Crippen LogP contribution in [-0.2, 0) is 0 Å². The van der Waals surface area contributed by atoms with Crippen LogP contribution in [0.1, 0.15) is 11.1 Å². The van der Waals surface area contributed by atoms with Crippen LogP contribution in [0.25, 0.3) is 0 Å². The first-order valence-corrected chi connectivity index (χ1v) is 7.50. The Labute approximate surface area is 134 Å². The van der Waals surface area contributed by atoms with Gasteiger partial charge in [0.05, 0.1) is 10.0 Å². The van der Waals surface area contributed by atoms with E-state index in [-0.39, 0.29) is 0 Å². The van der Waals surface area contributed by atoms with Crippen LogP contribution in [0.4, 0.5) is 0 Å². The van der Waals surface area contributed by atoms with E-state index in [1.165, 1.54) is 0 Å². The molecule has 2 aromatic carbocycles. The molecule has 0 aliphatic heterocycles. The number of rotatable bonds is 3. The van der Waals surface area contributed by atoms with Crippen molar-refractivity contribution < 1.29 is 4.74 Å². The summed E-state index contributed by atoms with van der Waals surface area (Å²) in [7, 11) is 0. The van der Waals surface area contributed by atoms with Crippen LogP contribution in [-0.4, -0.2) is 4.99 Å². The molecule has 0 bridgehead atoms. The van der Waals surface area contributed by atoms with Crippen molar-refractivity contribution in [1.82, 2.24) is 0 Å². The third kappa shape index (κ3) is 3.55. The number of aryl methyl sites for hydroxylation is 1. The Balaban J connectivity index is 2.42. The van der Waals surface area contributed by atoms with E-state index in [9.17, 15) is 0 Å². The maximum Gasteiger partial charge on any atom is 0.141 e. The summed E-state index contributed by atoms with van der Waals surface area (Å²) in [4.78, 5) is 0.311. The van der Waals surface area contributed by atoms with Crippen molar-refractivity contribution in [3.05, 3.63) is 56.5 Å². The molecule has 0 saturated heterocycles. The van der Waals surface area contributed by atoms with Crippen molar-refractivity contribution in [2.45, 2.75) is 6.92 Å². The predicted octanol–water partition coefficient (Wildman–Crippen LogP) is 4.95. The van der Waals surface area contributed by atoms with E-state index < -0.39 is 0 Å². The van der Waals surface area contributed by atoms with Crippen molar-refractivity contribution in [1.29, 1.82) is 0 Å². The Kier molecular flexibility index (Phi) is 4.60. The van der Waals surface area contributed by atoms with E-state index in [1.807, 2.05) is 43.3 Å². The number of nitrogens with two attached hydrogens (primary N) is 1. The van der Waals surface area contributed by atoms with Crippen LogP contribution >= 0.6 is 44.1 Å². The highest BCUT2D eigenvalue weighted by atomic mass is 79.9. The van der Waals surface area contributed by atoms with Gasteiger partial charge in [0.15, 0.2) is 0 Å². The van der Waals surface area contributed by atoms with Crippen molar-refractivity contribution in [3.63, 3.8) is 0 Å². The summed E-state index contributed by atoms with van der Waals surface area (Å²) >= 11 is 11.9. The fourth-order valence-corrected chi connectivity index (χ4v) is 2.67. The molecule has 0 unspecified atom stereocenters. The number of ether oxygens (including phenoxy) is 1. The van der Waals surface area contributed by atoms with Gasteiger partial charge in [-0.1, -0.05) is 34.2 Å². The number of hydrogen-bond donors (Lipinski definition) is 1. The van der Waals surface area contributed by atoms with Crippen molar-refractivity contribution in [2.24, 2.45) is 5.73 Å². The topological polar surface area (TPSA) is 35.2 Å². The van der Waals surface area contributed by atoms with Gasteiger partial charge in [-0.3, -0.25) is 0 Å². The minimum atomic E-state index is 0.311. The van der Waals surface area contributed by atoms with Gasteiger partial charge >= 0.3 is 0 Å². The molecule has 0 aliphatic carbocycles. The number of benzene rings is 2. The summed E-state index contributed by atoms with van der Waals surface area (Å²) in [6.45, 7) is 2.02. The molecule has 5 heteroatoms. The normalized spacial score (nSPS) is 10.3. The first-order chi connectivity index (χ1) is 8.97. The summed E-state index contributed by atoms with van der Waals surface area (Å²) in [5, 5.41) is 0. The van der Waals surface area contributed by atoms with E-state index in [2.05, 4.69) is 31.9 Å². The van der Waals surface area contributed by atoms with Gasteiger partial charge < -0.3 is 10.5 Å². The molecule has 98 valence electrons. The smallest absolute Gasteiger partial charge is 0.141 e. The first-order valence-electron chi connectivity index (χ1n) is 5.51. The van der Waals surface area contributed by atoms with Crippen molar-refractivity contribution in [3.8, 4) is 11.5 Å². The summed E-state index contributed by atoms with van der Waals surface area (Å²) in [5.41, 5.74) is 7.57. The summed E-state index contributed by atoms with van der Waals surface area (Å²) in [5.74, 6) is 1.35. The zero-order chi connectivity index (χ0) is 14.0. The standard InChI is InChI=1S/C14H11Br2NOS/c1-8-2-5-12(11(16)6-8)18-13-7-9(15)3-4-10(13)14(17)19/h2-7H,1H3,(H2,17,19). The molecule has 2 N–H and O–H groups in total. The molecule has 0 fully saturated rings. The fraction of sp³-hybridized carbons (Fsp3) is 0.0714. The quantitative estimate of drug-likeness (QED) is 0.740. The van der Waals surface area contributed by atoms with Gasteiger partial charge in [0.25, 0.3) is 0 Å².